The Morgan fingerprint density at radius 3 is 2.74 bits per heavy atom. The highest BCUT2D eigenvalue weighted by atomic mass is 35.5. The molecule has 1 atom stereocenters. The lowest BCUT2D eigenvalue weighted by atomic mass is 10.1. The molecule has 0 bridgehead atoms. The van der Waals surface area contributed by atoms with Crippen LogP contribution in [0.1, 0.15) is 18.4 Å². The Morgan fingerprint density at radius 2 is 2.00 bits per heavy atom. The van der Waals surface area contributed by atoms with Gasteiger partial charge in [-0.25, -0.2) is 0 Å². The standard InChI is InChI=1S/C23H23ClN4O3/c24-19-4-3-17(10-20(19)26)31-22-5-6-27-21-11-23(15(12-25)9-18(21)22)30-14-16(29)13-28-7-1-2-8-28/h3-6,9-11,16,29H,1-2,7-8,13-14,26H2/t16-/m0/s1. The number of rotatable bonds is 7. The molecule has 0 unspecified atom stereocenters. The van der Waals surface area contributed by atoms with Crippen molar-refractivity contribution >= 4 is 28.2 Å². The van der Waals surface area contributed by atoms with Gasteiger partial charge < -0.3 is 25.2 Å². The molecule has 0 radical (unpaired) electrons. The molecule has 0 spiro atoms. The van der Waals surface area contributed by atoms with Gasteiger partial charge in [0.2, 0.25) is 0 Å². The van der Waals surface area contributed by atoms with Gasteiger partial charge in [-0.05, 0) is 50.2 Å². The summed E-state index contributed by atoms with van der Waals surface area (Å²) in [4.78, 5) is 6.59. The zero-order valence-corrected chi connectivity index (χ0v) is 17.7. The molecule has 1 saturated heterocycles. The van der Waals surface area contributed by atoms with E-state index in [9.17, 15) is 10.4 Å². The van der Waals surface area contributed by atoms with Crippen LogP contribution in [-0.2, 0) is 0 Å². The molecule has 2 aromatic carbocycles. The quantitative estimate of drug-likeness (QED) is 0.537. The smallest absolute Gasteiger partial charge is 0.139 e. The molecule has 0 saturated carbocycles. The van der Waals surface area contributed by atoms with Gasteiger partial charge in [0.15, 0.2) is 0 Å². The predicted octanol–water partition coefficient (Wildman–Crippen LogP) is 3.97. The number of nitrogen functional groups attached to an aromatic ring is 1. The van der Waals surface area contributed by atoms with Crippen molar-refractivity contribution in [2.75, 3.05) is 32.0 Å². The van der Waals surface area contributed by atoms with E-state index >= 15 is 0 Å². The van der Waals surface area contributed by atoms with Crippen LogP contribution >= 0.6 is 11.6 Å². The minimum Gasteiger partial charge on any atom is -0.489 e. The van der Waals surface area contributed by atoms with E-state index in [1.165, 1.54) is 0 Å². The largest absolute Gasteiger partial charge is 0.489 e. The van der Waals surface area contributed by atoms with Crippen LogP contribution in [-0.4, -0.2) is 47.3 Å². The molecule has 0 amide bonds. The Bertz CT molecular complexity index is 1130. The number of hydrogen-bond donors (Lipinski definition) is 2. The number of benzene rings is 2. The lowest BCUT2D eigenvalue weighted by Gasteiger charge is -2.20. The number of aliphatic hydroxyl groups is 1. The molecule has 4 rings (SSSR count). The van der Waals surface area contributed by atoms with E-state index in [1.807, 2.05) is 0 Å². The van der Waals surface area contributed by atoms with Crippen LogP contribution < -0.4 is 15.2 Å². The Hall–Kier alpha value is -3.05. The van der Waals surface area contributed by atoms with E-state index in [0.29, 0.717) is 51.0 Å². The Kier molecular flexibility index (Phi) is 6.42. The van der Waals surface area contributed by atoms with Crippen molar-refractivity contribution in [3.05, 3.63) is 53.2 Å². The van der Waals surface area contributed by atoms with Gasteiger partial charge in [-0.2, -0.15) is 5.26 Å². The van der Waals surface area contributed by atoms with Gasteiger partial charge in [0.1, 0.15) is 36.0 Å². The van der Waals surface area contributed by atoms with Gasteiger partial charge in [0, 0.05) is 30.3 Å². The van der Waals surface area contributed by atoms with E-state index in [2.05, 4.69) is 16.0 Å². The second kappa shape index (κ2) is 9.40. The highest BCUT2D eigenvalue weighted by Crippen LogP contribution is 2.34. The van der Waals surface area contributed by atoms with Gasteiger partial charge in [0.05, 0.1) is 21.8 Å². The zero-order valence-electron chi connectivity index (χ0n) is 16.9. The van der Waals surface area contributed by atoms with Crippen LogP contribution in [0.2, 0.25) is 5.02 Å². The lowest BCUT2D eigenvalue weighted by molar-refractivity contribution is 0.0758. The normalized spacial score (nSPS) is 15.0. The van der Waals surface area contributed by atoms with Crippen LogP contribution in [0.25, 0.3) is 10.9 Å². The highest BCUT2D eigenvalue weighted by Gasteiger charge is 2.17. The summed E-state index contributed by atoms with van der Waals surface area (Å²) in [6.07, 6.45) is 3.32. The van der Waals surface area contributed by atoms with Crippen molar-refractivity contribution in [2.24, 2.45) is 0 Å². The van der Waals surface area contributed by atoms with E-state index < -0.39 is 6.10 Å². The minimum atomic E-state index is -0.627. The summed E-state index contributed by atoms with van der Waals surface area (Å²) >= 11 is 5.97. The number of hydrogen-bond acceptors (Lipinski definition) is 7. The summed E-state index contributed by atoms with van der Waals surface area (Å²) in [5.74, 6) is 1.44. The predicted molar refractivity (Wildman–Crippen MR) is 120 cm³/mol. The fourth-order valence-corrected chi connectivity index (χ4v) is 3.78. The number of aliphatic hydroxyl groups excluding tert-OH is 1. The molecule has 1 aliphatic heterocycles. The molecule has 3 aromatic rings. The number of anilines is 1. The van der Waals surface area contributed by atoms with E-state index in [0.717, 1.165) is 25.9 Å². The summed E-state index contributed by atoms with van der Waals surface area (Å²) in [5, 5.41) is 21.0. The number of nitriles is 1. The van der Waals surface area contributed by atoms with Crippen molar-refractivity contribution in [3.8, 4) is 23.3 Å². The second-order valence-corrected chi connectivity index (χ2v) is 7.95. The molecule has 1 aromatic heterocycles. The zero-order chi connectivity index (χ0) is 21.8. The fraction of sp³-hybridized carbons (Fsp3) is 0.304. The van der Waals surface area contributed by atoms with Gasteiger partial charge >= 0.3 is 0 Å². The molecule has 1 aliphatic rings. The molecule has 0 aliphatic carbocycles. The van der Waals surface area contributed by atoms with Crippen molar-refractivity contribution in [2.45, 2.75) is 18.9 Å². The Labute approximate surface area is 185 Å². The molecule has 1 fully saturated rings. The van der Waals surface area contributed by atoms with Gasteiger partial charge in [-0.1, -0.05) is 11.6 Å². The van der Waals surface area contributed by atoms with Crippen molar-refractivity contribution in [3.63, 3.8) is 0 Å². The van der Waals surface area contributed by atoms with Crippen molar-refractivity contribution < 1.29 is 14.6 Å². The molecule has 8 heteroatoms. The highest BCUT2D eigenvalue weighted by molar-refractivity contribution is 6.33. The first-order valence-electron chi connectivity index (χ1n) is 10.1. The van der Waals surface area contributed by atoms with E-state index in [4.69, 9.17) is 26.8 Å². The number of aromatic nitrogens is 1. The second-order valence-electron chi connectivity index (χ2n) is 7.54. The third-order valence-corrected chi connectivity index (χ3v) is 5.56. The van der Waals surface area contributed by atoms with Crippen LogP contribution in [0, 0.1) is 11.3 Å². The molecule has 2 heterocycles. The first kappa shape index (κ1) is 21.2. The first-order valence-corrected chi connectivity index (χ1v) is 10.5. The number of halogens is 1. The number of likely N-dealkylation sites (tertiary alicyclic amines) is 1. The maximum Gasteiger partial charge on any atom is 0.139 e. The number of pyridine rings is 1. The van der Waals surface area contributed by atoms with Crippen LogP contribution in [0.5, 0.6) is 17.2 Å². The average molecular weight is 439 g/mol. The van der Waals surface area contributed by atoms with Crippen molar-refractivity contribution in [1.82, 2.24) is 9.88 Å². The molecule has 3 N–H and O–H groups in total. The number of ether oxygens (including phenoxy) is 2. The van der Waals surface area contributed by atoms with Crippen molar-refractivity contribution in [1.29, 1.82) is 5.26 Å². The monoisotopic (exact) mass is 438 g/mol. The average Bonchev–Trinajstić information content (AvgIpc) is 3.27. The maximum absolute atomic E-state index is 10.3. The summed E-state index contributed by atoms with van der Waals surface area (Å²) in [5.41, 5.74) is 7.22. The summed E-state index contributed by atoms with van der Waals surface area (Å²) in [6, 6.07) is 12.3. The topological polar surface area (TPSA) is 105 Å². The van der Waals surface area contributed by atoms with Gasteiger partial charge in [-0.15, -0.1) is 0 Å². The number of nitrogens with two attached hydrogens (primary N) is 1. The van der Waals surface area contributed by atoms with Crippen LogP contribution in [0.4, 0.5) is 5.69 Å². The molecular weight excluding hydrogens is 416 g/mol. The van der Waals surface area contributed by atoms with Crippen LogP contribution in [0.15, 0.2) is 42.6 Å². The molecule has 31 heavy (non-hydrogen) atoms. The Morgan fingerprint density at radius 1 is 1.19 bits per heavy atom. The van der Waals surface area contributed by atoms with Gasteiger partial charge in [0.25, 0.3) is 0 Å². The number of fused-ring (bicyclic) bond motifs is 1. The lowest BCUT2D eigenvalue weighted by Crippen LogP contribution is -2.33. The number of β-amino-alcohol motifs (C(OH)–C–C–N with tert-alkyl or cyclic N) is 1. The third-order valence-electron chi connectivity index (χ3n) is 5.22. The molecular formula is C23H23ClN4O3. The summed E-state index contributed by atoms with van der Waals surface area (Å²) in [6.45, 7) is 2.68. The van der Waals surface area contributed by atoms with E-state index in [-0.39, 0.29) is 6.61 Å². The van der Waals surface area contributed by atoms with E-state index in [1.54, 1.807) is 42.6 Å². The maximum atomic E-state index is 10.3. The minimum absolute atomic E-state index is 0.108. The third kappa shape index (κ3) is 5.00. The Balaban J connectivity index is 1.54. The molecule has 7 nitrogen and oxygen atoms in total. The molecule has 160 valence electrons. The first-order chi connectivity index (χ1) is 15.0. The summed E-state index contributed by atoms with van der Waals surface area (Å²) < 4.78 is 11.7. The van der Waals surface area contributed by atoms with Crippen LogP contribution in [0.3, 0.4) is 0 Å². The fourth-order valence-electron chi connectivity index (χ4n) is 3.66. The number of nitrogens with zero attached hydrogens (tertiary/aromatic N) is 3. The van der Waals surface area contributed by atoms with Gasteiger partial charge in [-0.3, -0.25) is 4.98 Å². The summed E-state index contributed by atoms with van der Waals surface area (Å²) in [7, 11) is 0. The SMILES string of the molecule is N#Cc1cc2c(Oc3ccc(Cl)c(N)c3)ccnc2cc1OC[C@@H](O)CN1CCCC1.